The van der Waals surface area contributed by atoms with Crippen LogP contribution in [0.25, 0.3) is 0 Å². The van der Waals surface area contributed by atoms with Crippen LogP contribution in [0.3, 0.4) is 0 Å². The number of aliphatic imine (C=N–C) groups is 1. The highest BCUT2D eigenvalue weighted by atomic mass is 32.2. The Bertz CT molecular complexity index is 1250. The molecule has 0 unspecified atom stereocenters. The van der Waals surface area contributed by atoms with Gasteiger partial charge < -0.3 is 9.32 Å². The van der Waals surface area contributed by atoms with Crippen LogP contribution in [-0.2, 0) is 17.8 Å². The highest BCUT2D eigenvalue weighted by Gasteiger charge is 2.39. The second-order valence-electron chi connectivity index (χ2n) is 9.20. The molecule has 0 spiro atoms. The fraction of sp³-hybridized carbons (Fsp3) is 0.321. The molecule has 0 bridgehead atoms. The molecule has 3 aromatic rings. The van der Waals surface area contributed by atoms with Gasteiger partial charge in [-0.15, -0.1) is 0 Å². The summed E-state index contributed by atoms with van der Waals surface area (Å²) in [5, 5.41) is 0.707. The van der Waals surface area contributed by atoms with Crippen molar-refractivity contribution < 1.29 is 14.0 Å². The van der Waals surface area contributed by atoms with Crippen LogP contribution >= 0.6 is 11.8 Å². The molecule has 5 rings (SSSR count). The predicted molar refractivity (Wildman–Crippen MR) is 139 cm³/mol. The first-order valence-corrected chi connectivity index (χ1v) is 13.0. The lowest BCUT2D eigenvalue weighted by Crippen LogP contribution is -2.55. The number of carbonyl (C=O) groups excluding carboxylic acids is 2. The number of amides is 2. The summed E-state index contributed by atoms with van der Waals surface area (Å²) in [7, 11) is 0. The third-order valence-corrected chi connectivity index (χ3v) is 7.62. The van der Waals surface area contributed by atoms with Crippen molar-refractivity contribution in [2.24, 2.45) is 4.99 Å². The van der Waals surface area contributed by atoms with Crippen molar-refractivity contribution in [2.45, 2.75) is 45.2 Å². The Morgan fingerprint density at radius 2 is 1.80 bits per heavy atom. The number of nitrogens with zero attached hydrogens (tertiary/aromatic N) is 3. The average molecular weight is 488 g/mol. The van der Waals surface area contributed by atoms with Gasteiger partial charge in [0, 0.05) is 25.3 Å². The second kappa shape index (κ2) is 10.1. The van der Waals surface area contributed by atoms with Crippen molar-refractivity contribution in [3.63, 3.8) is 0 Å². The number of para-hydroxylation sites is 1. The van der Waals surface area contributed by atoms with Crippen LogP contribution in [0.15, 0.2) is 76.3 Å². The van der Waals surface area contributed by atoms with Gasteiger partial charge in [0.15, 0.2) is 10.9 Å². The number of fused-ring (bicyclic) bond motifs is 1. The van der Waals surface area contributed by atoms with Crippen molar-refractivity contribution in [3.8, 4) is 0 Å². The molecule has 3 heterocycles. The van der Waals surface area contributed by atoms with Gasteiger partial charge >= 0.3 is 0 Å². The summed E-state index contributed by atoms with van der Waals surface area (Å²) in [6.45, 7) is 5.26. The van der Waals surface area contributed by atoms with E-state index < -0.39 is 6.04 Å². The molecule has 6 nitrogen and oxygen atoms in total. The Labute approximate surface area is 210 Å². The van der Waals surface area contributed by atoms with Crippen molar-refractivity contribution in [2.75, 3.05) is 12.3 Å². The first-order chi connectivity index (χ1) is 17.0. The van der Waals surface area contributed by atoms with Crippen molar-refractivity contribution in [3.05, 3.63) is 89.4 Å². The number of thioether (sulfide) groups is 1. The molecular formula is C28H29N3O3S. The molecule has 2 aliphatic heterocycles. The second-order valence-corrected chi connectivity index (χ2v) is 10.3. The third kappa shape index (κ3) is 4.78. The number of furan rings is 1. The Kier molecular flexibility index (Phi) is 6.77. The Hall–Kier alpha value is -3.32. The summed E-state index contributed by atoms with van der Waals surface area (Å²) in [4.78, 5) is 35.9. The van der Waals surface area contributed by atoms with Crippen molar-refractivity contribution in [1.82, 2.24) is 9.80 Å². The molecule has 2 aliphatic rings. The zero-order valence-corrected chi connectivity index (χ0v) is 20.8. The minimum atomic E-state index is -0.619. The molecule has 35 heavy (non-hydrogen) atoms. The average Bonchev–Trinajstić information content (AvgIpc) is 3.43. The summed E-state index contributed by atoms with van der Waals surface area (Å²) in [6.07, 6.45) is 2.84. The first-order valence-electron chi connectivity index (χ1n) is 12.1. The highest BCUT2D eigenvalue weighted by molar-refractivity contribution is 8.13. The quantitative estimate of drug-likeness (QED) is 0.479. The molecule has 7 heteroatoms. The zero-order chi connectivity index (χ0) is 24.4. The Morgan fingerprint density at radius 1 is 1.03 bits per heavy atom. The maximum Gasteiger partial charge on any atom is 0.290 e. The van der Waals surface area contributed by atoms with E-state index in [-0.39, 0.29) is 17.6 Å². The van der Waals surface area contributed by atoms with Gasteiger partial charge in [0.05, 0.1) is 12.0 Å². The monoisotopic (exact) mass is 487 g/mol. The molecule has 0 N–H and O–H groups in total. The summed E-state index contributed by atoms with van der Waals surface area (Å²) < 4.78 is 5.40. The van der Waals surface area contributed by atoms with Gasteiger partial charge in [-0.05, 0) is 47.2 Å². The maximum absolute atomic E-state index is 14.1. The van der Waals surface area contributed by atoms with Crippen LogP contribution in [-0.4, -0.2) is 45.1 Å². The van der Waals surface area contributed by atoms with E-state index in [1.807, 2.05) is 42.5 Å². The van der Waals surface area contributed by atoms with Gasteiger partial charge in [0.2, 0.25) is 0 Å². The van der Waals surface area contributed by atoms with Gasteiger partial charge in [-0.3, -0.25) is 14.5 Å². The fourth-order valence-electron chi connectivity index (χ4n) is 4.72. The zero-order valence-electron chi connectivity index (χ0n) is 20.0. The van der Waals surface area contributed by atoms with E-state index in [1.165, 1.54) is 6.26 Å². The molecule has 1 atom stereocenters. The number of benzene rings is 2. The summed E-state index contributed by atoms with van der Waals surface area (Å²) in [5.74, 6) is 1.12. The van der Waals surface area contributed by atoms with Gasteiger partial charge in [-0.25, -0.2) is 4.99 Å². The molecule has 0 radical (unpaired) electrons. The predicted octanol–water partition coefficient (Wildman–Crippen LogP) is 5.62. The van der Waals surface area contributed by atoms with E-state index in [2.05, 4.69) is 19.9 Å². The van der Waals surface area contributed by atoms with Crippen molar-refractivity contribution in [1.29, 1.82) is 0 Å². The van der Waals surface area contributed by atoms with E-state index >= 15 is 0 Å². The van der Waals surface area contributed by atoms with Crippen LogP contribution < -0.4 is 0 Å². The number of hydrogen-bond acceptors (Lipinski definition) is 5. The van der Waals surface area contributed by atoms with Crippen LogP contribution in [0.1, 0.15) is 53.4 Å². The van der Waals surface area contributed by atoms with E-state index in [9.17, 15) is 9.59 Å². The van der Waals surface area contributed by atoms with Crippen LogP contribution in [0, 0.1) is 0 Å². The number of amidine groups is 1. The number of rotatable bonds is 4. The standard InChI is InChI=1S/C28H29N3O3S/c1-19(2)22-11-5-6-12-23(22)29-28-30(14-8-16-35-28)26(32)24-17-20-9-3-4-10-21(20)18-31(24)27(33)25-13-7-15-34-25/h3-7,9-13,15,19,24H,8,14,16-18H2,1-2H3/t24-/m0/s1. The molecular weight excluding hydrogens is 458 g/mol. The minimum Gasteiger partial charge on any atom is -0.459 e. The topological polar surface area (TPSA) is 66.1 Å². The highest BCUT2D eigenvalue weighted by Crippen LogP contribution is 2.32. The third-order valence-electron chi connectivity index (χ3n) is 6.56. The molecule has 2 amide bonds. The lowest BCUT2D eigenvalue weighted by Gasteiger charge is -2.39. The SMILES string of the molecule is CC(C)c1ccccc1N=C1SCCCN1C(=O)[C@@H]1Cc2ccccc2CN1C(=O)c1ccco1. The maximum atomic E-state index is 14.1. The van der Waals surface area contributed by atoms with E-state index in [0.717, 1.165) is 34.6 Å². The summed E-state index contributed by atoms with van der Waals surface area (Å²) >= 11 is 1.61. The first kappa shape index (κ1) is 23.4. The van der Waals surface area contributed by atoms with Crippen LogP contribution in [0.2, 0.25) is 0 Å². The smallest absolute Gasteiger partial charge is 0.290 e. The number of hydrogen-bond donors (Lipinski definition) is 0. The fourth-order valence-corrected chi connectivity index (χ4v) is 5.67. The van der Waals surface area contributed by atoms with Crippen LogP contribution in [0.4, 0.5) is 5.69 Å². The lowest BCUT2D eigenvalue weighted by molar-refractivity contribution is -0.132. The van der Waals surface area contributed by atoms with E-state index in [0.29, 0.717) is 30.6 Å². The number of carbonyl (C=O) groups is 2. The molecule has 0 saturated carbocycles. The largest absolute Gasteiger partial charge is 0.459 e. The normalized spacial score (nSPS) is 19.2. The molecule has 1 fully saturated rings. The molecule has 2 aromatic carbocycles. The molecule has 1 aromatic heterocycles. The molecule has 1 saturated heterocycles. The van der Waals surface area contributed by atoms with Crippen molar-refractivity contribution >= 4 is 34.4 Å². The summed E-state index contributed by atoms with van der Waals surface area (Å²) in [5.41, 5.74) is 4.20. The van der Waals surface area contributed by atoms with Gasteiger partial charge in [-0.2, -0.15) is 0 Å². The lowest BCUT2D eigenvalue weighted by atomic mass is 9.93. The van der Waals surface area contributed by atoms with E-state index in [1.54, 1.807) is 33.7 Å². The van der Waals surface area contributed by atoms with E-state index in [4.69, 9.17) is 9.41 Å². The minimum absolute atomic E-state index is 0.0904. The van der Waals surface area contributed by atoms with Gasteiger partial charge in [-0.1, -0.05) is 68.1 Å². The van der Waals surface area contributed by atoms with Gasteiger partial charge in [0.1, 0.15) is 6.04 Å². The Balaban J connectivity index is 1.50. The molecule has 0 aliphatic carbocycles. The van der Waals surface area contributed by atoms with Crippen LogP contribution in [0.5, 0.6) is 0 Å². The summed E-state index contributed by atoms with van der Waals surface area (Å²) in [6, 6.07) is 18.8. The molecule has 180 valence electrons. The van der Waals surface area contributed by atoms with Gasteiger partial charge in [0.25, 0.3) is 11.8 Å². The Morgan fingerprint density at radius 3 is 2.57 bits per heavy atom.